The minimum atomic E-state index is -3.64. The standard InChI is InChI=1S/C16H18ClN7O2S/c1-22-15-11(10-19-22)14(18)20-16(21-15)23-6-8-24(9-7-23)27(25,26)13-5-3-2-4-12(13)17/h2-5,10H,6-9H2,1H3,(H2,18,20,21). The van der Waals surface area contributed by atoms with Crippen LogP contribution in [0.3, 0.4) is 0 Å². The van der Waals surface area contributed by atoms with E-state index in [0.29, 0.717) is 49.0 Å². The van der Waals surface area contributed by atoms with Crippen LogP contribution in [0.2, 0.25) is 5.02 Å². The predicted octanol–water partition coefficient (Wildman–Crippen LogP) is 1.11. The second-order valence-electron chi connectivity index (χ2n) is 6.24. The third-order valence-electron chi connectivity index (χ3n) is 4.59. The fourth-order valence-corrected chi connectivity index (χ4v) is 5.01. The maximum absolute atomic E-state index is 12.9. The lowest BCUT2D eigenvalue weighted by molar-refractivity contribution is 0.382. The number of piperazine rings is 1. The van der Waals surface area contributed by atoms with Gasteiger partial charge in [-0.2, -0.15) is 19.4 Å². The first-order valence-corrected chi connectivity index (χ1v) is 10.1. The Morgan fingerprint density at radius 3 is 2.52 bits per heavy atom. The van der Waals surface area contributed by atoms with Gasteiger partial charge in [0.25, 0.3) is 0 Å². The van der Waals surface area contributed by atoms with E-state index in [1.165, 1.54) is 10.4 Å². The van der Waals surface area contributed by atoms with Crippen LogP contribution in [-0.2, 0) is 17.1 Å². The third-order valence-corrected chi connectivity index (χ3v) is 6.98. The van der Waals surface area contributed by atoms with E-state index in [1.54, 1.807) is 36.1 Å². The maximum Gasteiger partial charge on any atom is 0.244 e. The number of benzene rings is 1. The molecule has 0 aliphatic carbocycles. The van der Waals surface area contributed by atoms with Crippen molar-refractivity contribution in [2.45, 2.75) is 4.90 Å². The van der Waals surface area contributed by atoms with Gasteiger partial charge in [0.05, 0.1) is 16.6 Å². The van der Waals surface area contributed by atoms with Gasteiger partial charge >= 0.3 is 0 Å². The van der Waals surface area contributed by atoms with Gasteiger partial charge in [-0.1, -0.05) is 23.7 Å². The van der Waals surface area contributed by atoms with Gasteiger partial charge in [0.2, 0.25) is 16.0 Å². The summed E-state index contributed by atoms with van der Waals surface area (Å²) in [5.41, 5.74) is 6.66. The summed E-state index contributed by atoms with van der Waals surface area (Å²) in [6.45, 7) is 1.51. The van der Waals surface area contributed by atoms with E-state index in [9.17, 15) is 8.42 Å². The van der Waals surface area contributed by atoms with Crippen LogP contribution in [-0.4, -0.2) is 58.7 Å². The average molecular weight is 408 g/mol. The van der Waals surface area contributed by atoms with E-state index >= 15 is 0 Å². The number of rotatable bonds is 3. The van der Waals surface area contributed by atoms with Crippen LogP contribution < -0.4 is 10.6 Å². The number of hydrogen-bond donors (Lipinski definition) is 1. The first-order valence-electron chi connectivity index (χ1n) is 8.33. The molecule has 27 heavy (non-hydrogen) atoms. The Hall–Kier alpha value is -2.43. The number of anilines is 2. The van der Waals surface area contributed by atoms with Gasteiger partial charge in [0.1, 0.15) is 10.7 Å². The highest BCUT2D eigenvalue weighted by Gasteiger charge is 2.31. The first-order chi connectivity index (χ1) is 12.9. The second kappa shape index (κ2) is 6.63. The molecule has 1 aliphatic heterocycles. The molecule has 0 unspecified atom stereocenters. The molecule has 0 atom stereocenters. The number of nitrogen functional groups attached to an aromatic ring is 1. The maximum atomic E-state index is 12.9. The Bertz CT molecular complexity index is 1110. The van der Waals surface area contributed by atoms with E-state index in [2.05, 4.69) is 15.1 Å². The Morgan fingerprint density at radius 2 is 1.81 bits per heavy atom. The largest absolute Gasteiger partial charge is 0.383 e. The molecule has 0 saturated carbocycles. The Balaban J connectivity index is 1.56. The fraction of sp³-hybridized carbons (Fsp3) is 0.312. The molecule has 1 fully saturated rings. The molecule has 2 aromatic heterocycles. The minimum absolute atomic E-state index is 0.122. The van der Waals surface area contributed by atoms with Gasteiger partial charge in [0.15, 0.2) is 5.65 Å². The van der Waals surface area contributed by atoms with Gasteiger partial charge in [-0.25, -0.2) is 8.42 Å². The van der Waals surface area contributed by atoms with Crippen LogP contribution in [0.15, 0.2) is 35.4 Å². The molecule has 1 aromatic carbocycles. The average Bonchev–Trinajstić information content (AvgIpc) is 3.04. The van der Waals surface area contributed by atoms with Gasteiger partial charge in [-0.3, -0.25) is 4.68 Å². The van der Waals surface area contributed by atoms with Crippen molar-refractivity contribution in [2.24, 2.45) is 7.05 Å². The molecule has 1 saturated heterocycles. The summed E-state index contributed by atoms with van der Waals surface area (Å²) >= 11 is 6.07. The molecular weight excluding hydrogens is 390 g/mol. The van der Waals surface area contributed by atoms with Crippen LogP contribution in [0, 0.1) is 0 Å². The lowest BCUT2D eigenvalue weighted by Crippen LogP contribution is -2.49. The fourth-order valence-electron chi connectivity index (χ4n) is 3.09. The van der Waals surface area contributed by atoms with Crippen molar-refractivity contribution >= 4 is 44.4 Å². The molecule has 0 spiro atoms. The van der Waals surface area contributed by atoms with E-state index in [0.717, 1.165) is 0 Å². The quantitative estimate of drug-likeness (QED) is 0.692. The highest BCUT2D eigenvalue weighted by Crippen LogP contribution is 2.26. The molecule has 9 nitrogen and oxygen atoms in total. The number of aryl methyl sites for hydroxylation is 1. The second-order valence-corrected chi connectivity index (χ2v) is 8.55. The Kier molecular flexibility index (Phi) is 4.41. The van der Waals surface area contributed by atoms with Gasteiger partial charge < -0.3 is 10.6 Å². The monoisotopic (exact) mass is 407 g/mol. The molecule has 0 bridgehead atoms. The van der Waals surface area contributed by atoms with Crippen molar-refractivity contribution in [3.63, 3.8) is 0 Å². The molecule has 0 amide bonds. The normalized spacial score (nSPS) is 16.1. The summed E-state index contributed by atoms with van der Waals surface area (Å²) in [5, 5.41) is 5.06. The van der Waals surface area contributed by atoms with E-state index in [1.807, 2.05) is 4.90 Å². The van der Waals surface area contributed by atoms with Gasteiger partial charge in [0, 0.05) is 33.2 Å². The van der Waals surface area contributed by atoms with Crippen molar-refractivity contribution in [3.8, 4) is 0 Å². The molecule has 11 heteroatoms. The van der Waals surface area contributed by atoms with E-state index in [-0.39, 0.29) is 9.92 Å². The number of nitrogens with zero attached hydrogens (tertiary/aromatic N) is 6. The van der Waals surface area contributed by atoms with Crippen molar-refractivity contribution in [1.29, 1.82) is 0 Å². The van der Waals surface area contributed by atoms with Crippen LogP contribution in [0.5, 0.6) is 0 Å². The van der Waals surface area contributed by atoms with Gasteiger partial charge in [-0.05, 0) is 12.1 Å². The molecule has 2 N–H and O–H groups in total. The first kappa shape index (κ1) is 18.0. The number of aromatic nitrogens is 4. The van der Waals surface area contributed by atoms with Crippen LogP contribution in [0.1, 0.15) is 0 Å². The van der Waals surface area contributed by atoms with Crippen LogP contribution in [0.4, 0.5) is 11.8 Å². The SMILES string of the molecule is Cn1ncc2c(N)nc(N3CCN(S(=O)(=O)c4ccccc4Cl)CC3)nc21. The summed E-state index contributed by atoms with van der Waals surface area (Å²) in [7, 11) is -1.86. The molecule has 142 valence electrons. The minimum Gasteiger partial charge on any atom is -0.383 e. The lowest BCUT2D eigenvalue weighted by atomic mass is 10.3. The topological polar surface area (TPSA) is 110 Å². The zero-order valence-electron chi connectivity index (χ0n) is 14.6. The summed E-state index contributed by atoms with van der Waals surface area (Å²) in [6.07, 6.45) is 1.63. The van der Waals surface area contributed by atoms with Crippen molar-refractivity contribution in [2.75, 3.05) is 36.8 Å². The van der Waals surface area contributed by atoms with Crippen LogP contribution in [0.25, 0.3) is 11.0 Å². The summed E-state index contributed by atoms with van der Waals surface area (Å²) in [4.78, 5) is 10.9. The number of hydrogen-bond acceptors (Lipinski definition) is 7. The van der Waals surface area contributed by atoms with Gasteiger partial charge in [-0.15, -0.1) is 0 Å². The highest BCUT2D eigenvalue weighted by atomic mass is 35.5. The zero-order chi connectivity index (χ0) is 19.2. The number of sulfonamides is 1. The van der Waals surface area contributed by atoms with E-state index < -0.39 is 10.0 Å². The van der Waals surface area contributed by atoms with E-state index in [4.69, 9.17) is 17.3 Å². The molecule has 3 heterocycles. The highest BCUT2D eigenvalue weighted by molar-refractivity contribution is 7.89. The van der Waals surface area contributed by atoms with Crippen molar-refractivity contribution < 1.29 is 8.42 Å². The number of fused-ring (bicyclic) bond motifs is 1. The molecule has 0 radical (unpaired) electrons. The molecular formula is C16H18ClN7O2S. The molecule has 4 rings (SSSR count). The van der Waals surface area contributed by atoms with Crippen molar-refractivity contribution in [3.05, 3.63) is 35.5 Å². The zero-order valence-corrected chi connectivity index (χ0v) is 16.2. The summed E-state index contributed by atoms with van der Waals surface area (Å²) < 4.78 is 28.8. The number of nitrogens with two attached hydrogens (primary N) is 1. The molecule has 3 aromatic rings. The molecule has 1 aliphatic rings. The summed E-state index contributed by atoms with van der Waals surface area (Å²) in [6, 6.07) is 6.46. The predicted molar refractivity (Wildman–Crippen MR) is 103 cm³/mol. The lowest BCUT2D eigenvalue weighted by Gasteiger charge is -2.34. The number of halogens is 1. The smallest absolute Gasteiger partial charge is 0.244 e. The summed E-state index contributed by atoms with van der Waals surface area (Å²) in [5.74, 6) is 0.826. The van der Waals surface area contributed by atoms with Crippen LogP contribution >= 0.6 is 11.6 Å². The third kappa shape index (κ3) is 3.09. The Labute approximate surface area is 161 Å². The Morgan fingerprint density at radius 1 is 1.11 bits per heavy atom. The van der Waals surface area contributed by atoms with Crippen molar-refractivity contribution in [1.82, 2.24) is 24.1 Å².